The minimum absolute atomic E-state index is 0.375. The summed E-state index contributed by atoms with van der Waals surface area (Å²) >= 11 is 5.96. The van der Waals surface area contributed by atoms with Crippen LogP contribution in [0.1, 0.15) is 0 Å². The first-order valence-electron chi connectivity index (χ1n) is 7.86. The number of halogens is 1. The molecule has 27 heavy (non-hydrogen) atoms. The van der Waals surface area contributed by atoms with Crippen molar-refractivity contribution in [1.29, 1.82) is 0 Å². The minimum Gasteiger partial charge on any atom is -0.457 e. The first-order valence-corrected chi connectivity index (χ1v) is 9.78. The smallest absolute Gasteiger partial charge is 0.254 e. The third-order valence-corrected chi connectivity index (χ3v) is 4.60. The van der Waals surface area contributed by atoms with Crippen molar-refractivity contribution in [2.24, 2.45) is 0 Å². The summed E-state index contributed by atoms with van der Waals surface area (Å²) in [5, 5.41) is 4.50. The maximum absolute atomic E-state index is 11.8. The van der Waals surface area contributed by atoms with Gasteiger partial charge in [-0.1, -0.05) is 36.4 Å². The van der Waals surface area contributed by atoms with E-state index < -0.39 is 10.0 Å². The van der Waals surface area contributed by atoms with E-state index in [1.165, 1.54) is 0 Å². The van der Waals surface area contributed by atoms with E-state index in [0.29, 0.717) is 33.7 Å². The number of benzene rings is 2. The van der Waals surface area contributed by atoms with Crippen LogP contribution in [0.2, 0.25) is 5.02 Å². The topological polar surface area (TPSA) is 80.3 Å². The predicted octanol–water partition coefficient (Wildman–Crippen LogP) is 5.16. The molecule has 0 saturated carbocycles. The van der Waals surface area contributed by atoms with Gasteiger partial charge in [-0.15, -0.1) is 0 Å². The molecule has 0 aliphatic heterocycles. The van der Waals surface area contributed by atoms with Crippen LogP contribution in [0.15, 0.2) is 78.8 Å². The first-order chi connectivity index (χ1) is 12.9. The molecule has 1 heterocycles. The lowest BCUT2D eigenvalue weighted by Gasteiger charge is -2.13. The van der Waals surface area contributed by atoms with E-state index in [1.54, 1.807) is 66.9 Å². The quantitative estimate of drug-likeness (QED) is 0.571. The summed E-state index contributed by atoms with van der Waals surface area (Å²) in [5.74, 6) is 1.64. The fourth-order valence-corrected chi connectivity index (χ4v) is 2.97. The van der Waals surface area contributed by atoms with Gasteiger partial charge in [0.15, 0.2) is 0 Å². The lowest BCUT2D eigenvalue weighted by atomic mass is 10.2. The van der Waals surface area contributed by atoms with Gasteiger partial charge in [-0.2, -0.15) is 0 Å². The number of para-hydroxylation sites is 2. The number of hydrogen-bond donors (Lipinski definition) is 2. The van der Waals surface area contributed by atoms with Crippen molar-refractivity contribution in [3.05, 3.63) is 83.9 Å². The van der Waals surface area contributed by atoms with Crippen molar-refractivity contribution in [1.82, 2.24) is 4.98 Å². The molecule has 0 aliphatic carbocycles. The summed E-state index contributed by atoms with van der Waals surface area (Å²) in [6.07, 6.45) is 1.58. The summed E-state index contributed by atoms with van der Waals surface area (Å²) in [6, 6.07) is 17.3. The molecule has 0 bridgehead atoms. The Bertz CT molecular complexity index is 1070. The van der Waals surface area contributed by atoms with Gasteiger partial charge in [-0.05, 0) is 36.4 Å². The van der Waals surface area contributed by atoms with E-state index in [0.717, 1.165) is 5.41 Å². The summed E-state index contributed by atoms with van der Waals surface area (Å²) in [7, 11) is -3.62. The highest BCUT2D eigenvalue weighted by atomic mass is 35.5. The van der Waals surface area contributed by atoms with Gasteiger partial charge in [0.05, 0.1) is 11.4 Å². The lowest BCUT2D eigenvalue weighted by Crippen LogP contribution is -2.10. The average Bonchev–Trinajstić information content (AvgIpc) is 2.63. The van der Waals surface area contributed by atoms with Crippen LogP contribution in [0.25, 0.3) is 0 Å². The highest BCUT2D eigenvalue weighted by molar-refractivity contribution is 7.95. The maximum Gasteiger partial charge on any atom is 0.254 e. The van der Waals surface area contributed by atoms with E-state index in [9.17, 15) is 8.42 Å². The normalized spacial score (nSPS) is 10.9. The molecule has 0 radical (unpaired) electrons. The number of anilines is 3. The van der Waals surface area contributed by atoms with Crippen molar-refractivity contribution < 1.29 is 13.2 Å². The lowest BCUT2D eigenvalue weighted by molar-refractivity contribution is 0.482. The van der Waals surface area contributed by atoms with E-state index in [2.05, 4.69) is 21.6 Å². The summed E-state index contributed by atoms with van der Waals surface area (Å²) in [4.78, 5) is 4.24. The Morgan fingerprint density at radius 3 is 2.48 bits per heavy atom. The molecule has 2 aromatic carbocycles. The van der Waals surface area contributed by atoms with Gasteiger partial charge < -0.3 is 10.1 Å². The fourth-order valence-electron chi connectivity index (χ4n) is 2.22. The molecule has 6 nitrogen and oxygen atoms in total. The summed E-state index contributed by atoms with van der Waals surface area (Å²) < 4.78 is 31.7. The van der Waals surface area contributed by atoms with Crippen molar-refractivity contribution in [2.45, 2.75) is 0 Å². The molecule has 8 heteroatoms. The highest BCUT2D eigenvalue weighted by Gasteiger charge is 2.09. The number of rotatable bonds is 7. The zero-order valence-electron chi connectivity index (χ0n) is 14.1. The molecule has 0 atom stereocenters. The first kappa shape index (κ1) is 18.8. The Balaban J connectivity index is 1.82. The van der Waals surface area contributed by atoms with Crippen molar-refractivity contribution in [3.8, 4) is 11.5 Å². The Kier molecular flexibility index (Phi) is 5.63. The highest BCUT2D eigenvalue weighted by Crippen LogP contribution is 2.29. The second kappa shape index (κ2) is 8.11. The van der Waals surface area contributed by atoms with Crippen molar-refractivity contribution >= 4 is 38.8 Å². The van der Waals surface area contributed by atoms with Gasteiger partial charge in [0.1, 0.15) is 17.3 Å². The van der Waals surface area contributed by atoms with Crippen molar-refractivity contribution in [2.75, 3.05) is 10.0 Å². The Hall–Kier alpha value is -3.03. The molecule has 0 spiro atoms. The van der Waals surface area contributed by atoms with Crippen LogP contribution >= 0.6 is 11.6 Å². The standard InChI is InChI=1S/C19H16ClN3O3S/c1-2-27(24,25)23-18-9-4-3-8-17(18)22-19-13-16(10-11-21-19)26-15-7-5-6-14(20)12-15/h2-13,23H,1H2,(H,21,22). The Morgan fingerprint density at radius 2 is 1.74 bits per heavy atom. The van der Waals surface area contributed by atoms with Crippen LogP contribution < -0.4 is 14.8 Å². The second-order valence-electron chi connectivity index (χ2n) is 5.42. The third kappa shape index (κ3) is 5.22. The van der Waals surface area contributed by atoms with E-state index >= 15 is 0 Å². The van der Waals surface area contributed by atoms with Gasteiger partial charge in [0.25, 0.3) is 10.0 Å². The van der Waals surface area contributed by atoms with Crippen LogP contribution in [0, 0.1) is 0 Å². The van der Waals surface area contributed by atoms with Crippen LogP contribution in [0.4, 0.5) is 17.2 Å². The predicted molar refractivity (Wildman–Crippen MR) is 108 cm³/mol. The molecule has 0 aliphatic rings. The number of hydrogen-bond acceptors (Lipinski definition) is 5. The second-order valence-corrected chi connectivity index (χ2v) is 7.48. The van der Waals surface area contributed by atoms with Crippen molar-refractivity contribution in [3.63, 3.8) is 0 Å². The number of nitrogens with one attached hydrogen (secondary N) is 2. The molecular weight excluding hydrogens is 386 g/mol. The fraction of sp³-hybridized carbons (Fsp3) is 0. The molecular formula is C19H16ClN3O3S. The minimum atomic E-state index is -3.62. The molecule has 1 aromatic heterocycles. The number of sulfonamides is 1. The van der Waals surface area contributed by atoms with Crippen LogP contribution in [0.3, 0.4) is 0 Å². The molecule has 0 saturated heterocycles. The van der Waals surface area contributed by atoms with E-state index in [1.807, 2.05) is 0 Å². The molecule has 0 unspecified atom stereocenters. The number of pyridine rings is 1. The SMILES string of the molecule is C=CS(=O)(=O)Nc1ccccc1Nc1cc(Oc2cccc(Cl)c2)ccn1. The number of aromatic nitrogens is 1. The van der Waals surface area contributed by atoms with Crippen LogP contribution in [0.5, 0.6) is 11.5 Å². The largest absolute Gasteiger partial charge is 0.457 e. The molecule has 0 amide bonds. The van der Waals surface area contributed by atoms with Crippen LogP contribution in [-0.4, -0.2) is 13.4 Å². The number of ether oxygens (including phenoxy) is 1. The zero-order chi connectivity index (χ0) is 19.3. The van der Waals surface area contributed by atoms with Gasteiger partial charge >= 0.3 is 0 Å². The monoisotopic (exact) mass is 401 g/mol. The average molecular weight is 402 g/mol. The van der Waals surface area contributed by atoms with E-state index in [4.69, 9.17) is 16.3 Å². The molecule has 2 N–H and O–H groups in total. The Labute approximate surface area is 162 Å². The van der Waals surface area contributed by atoms with Crippen LogP contribution in [-0.2, 0) is 10.0 Å². The molecule has 138 valence electrons. The summed E-state index contributed by atoms with van der Waals surface area (Å²) in [6.45, 7) is 3.29. The van der Waals surface area contributed by atoms with Gasteiger partial charge in [0.2, 0.25) is 0 Å². The molecule has 0 fully saturated rings. The Morgan fingerprint density at radius 1 is 1.00 bits per heavy atom. The van der Waals surface area contributed by atoms with Gasteiger partial charge in [0, 0.05) is 22.7 Å². The molecule has 3 rings (SSSR count). The zero-order valence-corrected chi connectivity index (χ0v) is 15.7. The summed E-state index contributed by atoms with van der Waals surface area (Å²) in [5.41, 5.74) is 0.913. The van der Waals surface area contributed by atoms with Gasteiger partial charge in [-0.3, -0.25) is 4.72 Å². The van der Waals surface area contributed by atoms with Gasteiger partial charge in [-0.25, -0.2) is 13.4 Å². The third-order valence-electron chi connectivity index (χ3n) is 3.42. The maximum atomic E-state index is 11.8. The molecule has 3 aromatic rings. The number of nitrogens with zero attached hydrogens (tertiary/aromatic N) is 1. The van der Waals surface area contributed by atoms with E-state index in [-0.39, 0.29) is 0 Å².